The standard InChI is InChI=1S/C23H30O8/c1-22(25)10-12-8-14(27-3)18(24)20(30-6)16(12)17-13(11-23(22,2)26)9-15(28-4)19(29-5)21(17)31-7/h8-9,24-26H,10-11H2,1-7H3/t22-,23+/m0/s1. The Balaban J connectivity index is 2.56. The van der Waals surface area contributed by atoms with Crippen LogP contribution in [0.3, 0.4) is 0 Å². The smallest absolute Gasteiger partial charge is 0.203 e. The molecular weight excluding hydrogens is 404 g/mol. The lowest BCUT2D eigenvalue weighted by Gasteiger charge is -2.42. The Bertz CT molecular complexity index is 994. The average Bonchev–Trinajstić information content (AvgIpc) is 2.72. The second kappa shape index (κ2) is 8.01. The van der Waals surface area contributed by atoms with Crippen LogP contribution >= 0.6 is 0 Å². The lowest BCUT2D eigenvalue weighted by molar-refractivity contribution is -0.129. The number of phenolic OH excluding ortho intramolecular Hbond substituents is 1. The third-order valence-electron chi connectivity index (χ3n) is 6.12. The number of benzene rings is 2. The van der Waals surface area contributed by atoms with Crippen LogP contribution in [-0.4, -0.2) is 62.1 Å². The maximum atomic E-state index is 11.3. The molecule has 8 heteroatoms. The molecule has 3 rings (SSSR count). The lowest BCUT2D eigenvalue weighted by atomic mass is 9.72. The zero-order valence-electron chi connectivity index (χ0n) is 19.0. The van der Waals surface area contributed by atoms with Crippen LogP contribution in [0.2, 0.25) is 0 Å². The van der Waals surface area contributed by atoms with Crippen LogP contribution in [-0.2, 0) is 12.8 Å². The van der Waals surface area contributed by atoms with Crippen molar-refractivity contribution in [1.29, 1.82) is 0 Å². The van der Waals surface area contributed by atoms with Gasteiger partial charge in [-0.1, -0.05) is 0 Å². The van der Waals surface area contributed by atoms with Gasteiger partial charge in [0, 0.05) is 24.0 Å². The van der Waals surface area contributed by atoms with Gasteiger partial charge in [0.1, 0.15) is 0 Å². The highest BCUT2D eigenvalue weighted by Gasteiger charge is 2.46. The van der Waals surface area contributed by atoms with Gasteiger partial charge in [0.15, 0.2) is 23.0 Å². The molecule has 2 aromatic carbocycles. The van der Waals surface area contributed by atoms with Crippen molar-refractivity contribution < 1.29 is 39.0 Å². The van der Waals surface area contributed by atoms with Gasteiger partial charge in [0.2, 0.25) is 11.5 Å². The number of aromatic hydroxyl groups is 1. The second-order valence-electron chi connectivity index (χ2n) is 8.08. The first-order chi connectivity index (χ1) is 14.6. The van der Waals surface area contributed by atoms with Crippen molar-refractivity contribution in [3.05, 3.63) is 23.3 Å². The molecule has 0 unspecified atom stereocenters. The van der Waals surface area contributed by atoms with E-state index in [4.69, 9.17) is 23.7 Å². The highest BCUT2D eigenvalue weighted by atomic mass is 16.5. The molecule has 0 amide bonds. The molecule has 0 saturated carbocycles. The molecule has 1 aliphatic rings. The minimum Gasteiger partial charge on any atom is -0.502 e. The number of ether oxygens (including phenoxy) is 5. The summed E-state index contributed by atoms with van der Waals surface area (Å²) in [6.07, 6.45) is 0.153. The van der Waals surface area contributed by atoms with Crippen molar-refractivity contribution in [2.45, 2.75) is 37.9 Å². The van der Waals surface area contributed by atoms with E-state index in [1.165, 1.54) is 35.5 Å². The fraction of sp³-hybridized carbons (Fsp3) is 0.478. The molecule has 0 aromatic heterocycles. The predicted octanol–water partition coefficient (Wildman–Crippen LogP) is 2.70. The van der Waals surface area contributed by atoms with Gasteiger partial charge in [-0.15, -0.1) is 0 Å². The fourth-order valence-electron chi connectivity index (χ4n) is 4.19. The second-order valence-corrected chi connectivity index (χ2v) is 8.08. The summed E-state index contributed by atoms with van der Waals surface area (Å²) in [5.74, 6) is 1.30. The summed E-state index contributed by atoms with van der Waals surface area (Å²) in [6.45, 7) is 3.16. The molecule has 1 aliphatic carbocycles. The number of methoxy groups -OCH3 is 5. The lowest BCUT2D eigenvalue weighted by Crippen LogP contribution is -2.53. The molecule has 0 radical (unpaired) electrons. The van der Waals surface area contributed by atoms with E-state index in [0.29, 0.717) is 39.5 Å². The van der Waals surface area contributed by atoms with Gasteiger partial charge >= 0.3 is 0 Å². The number of hydrogen-bond acceptors (Lipinski definition) is 8. The molecule has 2 aromatic rings. The summed E-state index contributed by atoms with van der Waals surface area (Å²) in [7, 11) is 7.38. The molecule has 31 heavy (non-hydrogen) atoms. The Morgan fingerprint density at radius 1 is 0.645 bits per heavy atom. The van der Waals surface area contributed by atoms with Crippen molar-refractivity contribution >= 4 is 0 Å². The molecule has 8 nitrogen and oxygen atoms in total. The van der Waals surface area contributed by atoms with E-state index in [-0.39, 0.29) is 30.1 Å². The van der Waals surface area contributed by atoms with Gasteiger partial charge < -0.3 is 39.0 Å². The summed E-state index contributed by atoms with van der Waals surface area (Å²) in [5, 5.41) is 33.3. The van der Waals surface area contributed by atoms with E-state index in [1.807, 2.05) is 0 Å². The van der Waals surface area contributed by atoms with Crippen molar-refractivity contribution in [1.82, 2.24) is 0 Å². The number of fused-ring (bicyclic) bond motifs is 3. The Labute approximate surface area is 181 Å². The van der Waals surface area contributed by atoms with E-state index < -0.39 is 11.2 Å². The van der Waals surface area contributed by atoms with Crippen LogP contribution in [0, 0.1) is 0 Å². The van der Waals surface area contributed by atoms with Crippen molar-refractivity contribution in [3.63, 3.8) is 0 Å². The van der Waals surface area contributed by atoms with Crippen molar-refractivity contribution in [2.75, 3.05) is 35.5 Å². The van der Waals surface area contributed by atoms with Crippen LogP contribution in [0.5, 0.6) is 34.5 Å². The van der Waals surface area contributed by atoms with Gasteiger partial charge in [-0.25, -0.2) is 0 Å². The zero-order chi connectivity index (χ0) is 23.1. The first kappa shape index (κ1) is 22.8. The highest BCUT2D eigenvalue weighted by Crippen LogP contribution is 2.56. The number of phenols is 1. The van der Waals surface area contributed by atoms with Crippen LogP contribution in [0.15, 0.2) is 12.1 Å². The maximum Gasteiger partial charge on any atom is 0.203 e. The van der Waals surface area contributed by atoms with E-state index in [1.54, 1.807) is 26.0 Å². The van der Waals surface area contributed by atoms with E-state index in [2.05, 4.69) is 0 Å². The van der Waals surface area contributed by atoms with Gasteiger partial charge in [0.25, 0.3) is 0 Å². The Hall–Kier alpha value is -2.84. The van der Waals surface area contributed by atoms with Crippen LogP contribution < -0.4 is 23.7 Å². The number of hydrogen-bond donors (Lipinski definition) is 3. The SMILES string of the molecule is COc1cc2c(c(OC)c1O)-c1c(cc(OC)c(OC)c1OC)C[C@@](C)(O)[C@@](C)(O)C2. The normalized spacial score (nSPS) is 22.5. The number of rotatable bonds is 5. The summed E-state index contributed by atoms with van der Waals surface area (Å²) in [5.41, 5.74) is -0.688. The molecule has 0 spiro atoms. The Morgan fingerprint density at radius 2 is 1.06 bits per heavy atom. The minimum atomic E-state index is -1.51. The molecule has 0 heterocycles. The van der Waals surface area contributed by atoms with Crippen molar-refractivity contribution in [3.8, 4) is 45.6 Å². The molecular formula is C23H30O8. The maximum absolute atomic E-state index is 11.3. The zero-order valence-corrected chi connectivity index (χ0v) is 19.0. The largest absolute Gasteiger partial charge is 0.502 e. The van der Waals surface area contributed by atoms with E-state index in [0.717, 1.165) is 0 Å². The molecule has 0 aliphatic heterocycles. The topological polar surface area (TPSA) is 107 Å². The summed E-state index contributed by atoms with van der Waals surface area (Å²) >= 11 is 0. The molecule has 0 bridgehead atoms. The van der Waals surface area contributed by atoms with Crippen molar-refractivity contribution in [2.24, 2.45) is 0 Å². The predicted molar refractivity (Wildman–Crippen MR) is 115 cm³/mol. The van der Waals surface area contributed by atoms with Gasteiger partial charge in [-0.2, -0.15) is 0 Å². The van der Waals surface area contributed by atoms with Gasteiger partial charge in [0.05, 0.1) is 46.8 Å². The van der Waals surface area contributed by atoms with Crippen LogP contribution in [0.4, 0.5) is 0 Å². The van der Waals surface area contributed by atoms with E-state index >= 15 is 0 Å². The Kier molecular flexibility index (Phi) is 5.90. The van der Waals surface area contributed by atoms with Gasteiger partial charge in [-0.3, -0.25) is 0 Å². The highest BCUT2D eigenvalue weighted by molar-refractivity contribution is 5.88. The molecule has 3 N–H and O–H groups in total. The average molecular weight is 434 g/mol. The third kappa shape index (κ3) is 3.49. The minimum absolute atomic E-state index is 0.0687. The quantitative estimate of drug-likeness (QED) is 0.660. The Morgan fingerprint density at radius 3 is 1.48 bits per heavy atom. The third-order valence-corrected chi connectivity index (χ3v) is 6.12. The monoisotopic (exact) mass is 434 g/mol. The van der Waals surface area contributed by atoms with E-state index in [9.17, 15) is 15.3 Å². The summed E-state index contributed by atoms with van der Waals surface area (Å²) in [4.78, 5) is 0. The number of aliphatic hydroxyl groups is 2. The van der Waals surface area contributed by atoms with Crippen LogP contribution in [0.1, 0.15) is 25.0 Å². The van der Waals surface area contributed by atoms with Crippen LogP contribution in [0.25, 0.3) is 11.1 Å². The fourth-order valence-corrected chi connectivity index (χ4v) is 4.19. The molecule has 170 valence electrons. The summed E-state index contributed by atoms with van der Waals surface area (Å²) < 4.78 is 27.7. The molecule has 0 fully saturated rings. The molecule has 2 atom stereocenters. The summed E-state index contributed by atoms with van der Waals surface area (Å²) in [6, 6.07) is 3.36. The van der Waals surface area contributed by atoms with Gasteiger partial charge in [-0.05, 0) is 37.1 Å². The first-order valence-electron chi connectivity index (χ1n) is 9.80. The first-order valence-corrected chi connectivity index (χ1v) is 9.80. The molecule has 0 saturated heterocycles.